The average molecular weight is 316 g/mol. The maximum Gasteiger partial charge on any atom is 0.362 e. The zero-order chi connectivity index (χ0) is 16.3. The van der Waals surface area contributed by atoms with Gasteiger partial charge in [-0.1, -0.05) is 0 Å². The Morgan fingerprint density at radius 1 is 1.36 bits per heavy atom. The van der Waals surface area contributed by atoms with Crippen LogP contribution in [0.1, 0.15) is 30.6 Å². The first kappa shape index (κ1) is 16.7. The van der Waals surface area contributed by atoms with Crippen molar-refractivity contribution in [3.05, 3.63) is 12.0 Å². The molecule has 0 aliphatic carbocycles. The molecule has 0 aromatic carbocycles. The van der Waals surface area contributed by atoms with Gasteiger partial charge in [-0.25, -0.2) is 9.78 Å². The van der Waals surface area contributed by atoms with Gasteiger partial charge in [-0.2, -0.15) is 0 Å². The van der Waals surface area contributed by atoms with Crippen molar-refractivity contribution in [3.63, 3.8) is 0 Å². The number of aliphatic hydroxyl groups excluding tert-OH is 3. The van der Waals surface area contributed by atoms with Gasteiger partial charge in [0.15, 0.2) is 6.23 Å². The van der Waals surface area contributed by atoms with Crippen molar-refractivity contribution in [1.82, 2.24) is 9.55 Å². The highest BCUT2D eigenvalue weighted by atomic mass is 16.6. The molecule has 1 aliphatic heterocycles. The van der Waals surface area contributed by atoms with Gasteiger partial charge < -0.3 is 29.5 Å². The number of ether oxygens (including phenoxy) is 3. The first-order valence-corrected chi connectivity index (χ1v) is 7.04. The predicted octanol–water partition coefficient (Wildman–Crippen LogP) is -0.930. The number of hydrogen-bond acceptors (Lipinski definition) is 8. The Hall–Kier alpha value is -1.68. The van der Waals surface area contributed by atoms with Crippen LogP contribution in [0, 0.1) is 0 Å². The van der Waals surface area contributed by atoms with Gasteiger partial charge in [-0.05, 0) is 13.8 Å². The molecule has 0 radical (unpaired) electrons. The molecule has 0 saturated carbocycles. The molecular formula is C13H20N2O7. The van der Waals surface area contributed by atoms with E-state index in [9.17, 15) is 15.0 Å². The van der Waals surface area contributed by atoms with Crippen LogP contribution in [0.25, 0.3) is 0 Å². The van der Waals surface area contributed by atoms with E-state index in [4.69, 9.17) is 19.3 Å². The Morgan fingerprint density at radius 3 is 2.64 bits per heavy atom. The Labute approximate surface area is 127 Å². The summed E-state index contributed by atoms with van der Waals surface area (Å²) in [6, 6.07) is 0. The lowest BCUT2D eigenvalue weighted by Crippen LogP contribution is -2.33. The van der Waals surface area contributed by atoms with E-state index in [0.29, 0.717) is 0 Å². The normalized spacial score (nSPS) is 27.9. The van der Waals surface area contributed by atoms with Crippen LogP contribution in [0.15, 0.2) is 6.33 Å². The predicted molar refractivity (Wildman–Crippen MR) is 72.4 cm³/mol. The molecule has 4 atom stereocenters. The molecule has 1 fully saturated rings. The van der Waals surface area contributed by atoms with Gasteiger partial charge in [0, 0.05) is 0 Å². The number of imidazole rings is 1. The van der Waals surface area contributed by atoms with Gasteiger partial charge in [-0.15, -0.1) is 0 Å². The highest BCUT2D eigenvalue weighted by molar-refractivity contribution is 5.89. The minimum absolute atomic E-state index is 0.0403. The number of aliphatic hydroxyl groups is 3. The summed E-state index contributed by atoms with van der Waals surface area (Å²) in [5.74, 6) is -0.577. The van der Waals surface area contributed by atoms with E-state index < -0.39 is 37.1 Å². The summed E-state index contributed by atoms with van der Waals surface area (Å²) < 4.78 is 17.0. The maximum absolute atomic E-state index is 11.9. The summed E-state index contributed by atoms with van der Waals surface area (Å²) >= 11 is 0. The van der Waals surface area contributed by atoms with Crippen LogP contribution in [0.4, 0.5) is 0 Å². The minimum Gasteiger partial charge on any atom is -0.477 e. The summed E-state index contributed by atoms with van der Waals surface area (Å²) in [5, 5.41) is 29.0. The van der Waals surface area contributed by atoms with Crippen LogP contribution < -0.4 is 4.74 Å². The lowest BCUT2D eigenvalue weighted by atomic mass is 10.1. The van der Waals surface area contributed by atoms with Crippen LogP contribution in [-0.4, -0.2) is 69.0 Å². The van der Waals surface area contributed by atoms with E-state index in [1.165, 1.54) is 10.9 Å². The molecule has 3 N–H and O–H groups in total. The van der Waals surface area contributed by atoms with Crippen LogP contribution in [0.5, 0.6) is 5.88 Å². The van der Waals surface area contributed by atoms with Crippen molar-refractivity contribution in [2.45, 2.75) is 38.4 Å². The van der Waals surface area contributed by atoms with Crippen LogP contribution in [0.2, 0.25) is 0 Å². The molecular weight excluding hydrogens is 296 g/mol. The second kappa shape index (κ2) is 7.05. The van der Waals surface area contributed by atoms with Gasteiger partial charge in [0.2, 0.25) is 11.6 Å². The van der Waals surface area contributed by atoms with E-state index in [0.717, 1.165) is 0 Å². The third kappa shape index (κ3) is 2.93. The molecule has 1 aromatic rings. The van der Waals surface area contributed by atoms with Crippen molar-refractivity contribution < 1.29 is 34.3 Å². The Morgan fingerprint density at radius 2 is 2.09 bits per heavy atom. The molecule has 9 heteroatoms. The van der Waals surface area contributed by atoms with E-state index >= 15 is 0 Å². The third-order valence-electron chi connectivity index (χ3n) is 3.29. The highest BCUT2D eigenvalue weighted by Crippen LogP contribution is 2.33. The zero-order valence-electron chi connectivity index (χ0n) is 12.4. The molecule has 124 valence electrons. The van der Waals surface area contributed by atoms with Crippen LogP contribution in [-0.2, 0) is 9.47 Å². The molecule has 1 aromatic heterocycles. The van der Waals surface area contributed by atoms with Gasteiger partial charge in [0.1, 0.15) is 24.6 Å². The fraction of sp³-hybridized carbons (Fsp3) is 0.692. The van der Waals surface area contributed by atoms with E-state index in [-0.39, 0.29) is 24.8 Å². The van der Waals surface area contributed by atoms with Gasteiger partial charge in [0.25, 0.3) is 0 Å². The van der Waals surface area contributed by atoms with Crippen molar-refractivity contribution in [2.24, 2.45) is 0 Å². The molecule has 22 heavy (non-hydrogen) atoms. The Kier molecular flexibility index (Phi) is 5.35. The van der Waals surface area contributed by atoms with Gasteiger partial charge in [0.05, 0.1) is 19.8 Å². The molecule has 2 rings (SSSR count). The molecule has 0 amide bonds. The van der Waals surface area contributed by atoms with Gasteiger partial charge >= 0.3 is 5.97 Å². The van der Waals surface area contributed by atoms with Gasteiger partial charge in [-0.3, -0.25) is 4.57 Å². The van der Waals surface area contributed by atoms with Crippen LogP contribution in [0.3, 0.4) is 0 Å². The fourth-order valence-corrected chi connectivity index (χ4v) is 2.26. The molecule has 4 unspecified atom stereocenters. The average Bonchev–Trinajstić information content (AvgIpc) is 3.03. The maximum atomic E-state index is 11.9. The van der Waals surface area contributed by atoms with Crippen molar-refractivity contribution in [2.75, 3.05) is 19.8 Å². The lowest BCUT2D eigenvalue weighted by molar-refractivity contribution is -0.0558. The molecule has 9 nitrogen and oxygen atoms in total. The van der Waals surface area contributed by atoms with E-state index in [2.05, 4.69) is 4.98 Å². The second-order valence-corrected chi connectivity index (χ2v) is 4.69. The number of carbonyl (C=O) groups is 1. The molecule has 2 heterocycles. The summed E-state index contributed by atoms with van der Waals surface area (Å²) in [6.45, 7) is 3.39. The molecule has 0 spiro atoms. The number of esters is 1. The number of carbonyl (C=O) groups excluding carboxylic acids is 1. The standard InChI is InChI=1S/C13H20N2O7/c1-3-20-11-8(13(19)21-4-2)14-6-15(11)12-10(18)9(17)7(5-16)22-12/h6-7,9-10,12,16-18H,3-5H2,1-2H3. The highest BCUT2D eigenvalue weighted by Gasteiger charge is 2.44. The minimum atomic E-state index is -1.29. The molecule has 1 aliphatic rings. The number of rotatable bonds is 6. The summed E-state index contributed by atoms with van der Waals surface area (Å²) in [6.07, 6.45) is -3.23. The van der Waals surface area contributed by atoms with Crippen molar-refractivity contribution in [1.29, 1.82) is 0 Å². The lowest BCUT2D eigenvalue weighted by Gasteiger charge is -2.18. The SMILES string of the molecule is CCOC(=O)c1ncn(C2OC(CO)C(O)C2O)c1OCC. The first-order valence-electron chi connectivity index (χ1n) is 7.04. The number of aromatic nitrogens is 2. The van der Waals surface area contributed by atoms with E-state index in [1.807, 2.05) is 0 Å². The third-order valence-corrected chi connectivity index (χ3v) is 3.29. The Balaban J connectivity index is 2.33. The topological polar surface area (TPSA) is 123 Å². The molecule has 1 saturated heterocycles. The second-order valence-electron chi connectivity index (χ2n) is 4.69. The zero-order valence-corrected chi connectivity index (χ0v) is 12.4. The summed E-state index contributed by atoms with van der Waals surface area (Å²) in [4.78, 5) is 15.8. The Bertz CT molecular complexity index is 518. The van der Waals surface area contributed by atoms with E-state index in [1.54, 1.807) is 13.8 Å². The smallest absolute Gasteiger partial charge is 0.362 e. The summed E-state index contributed by atoms with van der Waals surface area (Å²) in [5.41, 5.74) is -0.0403. The quantitative estimate of drug-likeness (QED) is 0.575. The fourth-order valence-electron chi connectivity index (χ4n) is 2.26. The first-order chi connectivity index (χ1) is 10.5. The van der Waals surface area contributed by atoms with Crippen molar-refractivity contribution >= 4 is 5.97 Å². The largest absolute Gasteiger partial charge is 0.477 e. The monoisotopic (exact) mass is 316 g/mol. The summed E-state index contributed by atoms with van der Waals surface area (Å²) in [7, 11) is 0. The number of nitrogens with zero attached hydrogens (tertiary/aromatic N) is 2. The molecule has 0 bridgehead atoms. The van der Waals surface area contributed by atoms with Crippen LogP contribution >= 0.6 is 0 Å². The van der Waals surface area contributed by atoms with Crippen molar-refractivity contribution in [3.8, 4) is 5.88 Å². The number of hydrogen-bond donors (Lipinski definition) is 3.